The molecule has 4 nitrogen and oxygen atoms in total. The molecule has 0 unspecified atom stereocenters. The Morgan fingerprint density at radius 3 is 2.48 bits per heavy atom. The molecule has 2 rings (SSSR count). The summed E-state index contributed by atoms with van der Waals surface area (Å²) in [6.45, 7) is 2.44. The minimum Gasteiger partial charge on any atom is -0.493 e. The number of nitrogens with zero attached hydrogens (tertiary/aromatic N) is 1. The van der Waals surface area contributed by atoms with E-state index >= 15 is 0 Å². The van der Waals surface area contributed by atoms with Crippen LogP contribution in [0.1, 0.15) is 11.3 Å². The molecular weight excluding hydrogens is 311 g/mol. The van der Waals surface area contributed by atoms with Crippen LogP contribution in [0.2, 0.25) is 10.2 Å². The van der Waals surface area contributed by atoms with E-state index < -0.39 is 0 Å². The van der Waals surface area contributed by atoms with Gasteiger partial charge in [0.2, 0.25) is 0 Å². The van der Waals surface area contributed by atoms with Crippen LogP contribution in [0, 0.1) is 6.92 Å². The van der Waals surface area contributed by atoms with E-state index in [1.54, 1.807) is 20.3 Å². The van der Waals surface area contributed by atoms with E-state index in [0.29, 0.717) is 28.2 Å². The predicted octanol–water partition coefficient (Wildman–Crippen LogP) is 4.33. The molecule has 0 aliphatic carbocycles. The number of pyridine rings is 1. The molecule has 0 bridgehead atoms. The third-order valence-electron chi connectivity index (χ3n) is 3.09. The number of anilines is 1. The maximum atomic E-state index is 6.34. The third-order valence-corrected chi connectivity index (χ3v) is 3.71. The number of rotatable bonds is 5. The second-order valence-corrected chi connectivity index (χ2v) is 5.16. The first-order valence-electron chi connectivity index (χ1n) is 6.33. The van der Waals surface area contributed by atoms with Crippen molar-refractivity contribution in [1.29, 1.82) is 0 Å². The van der Waals surface area contributed by atoms with E-state index in [-0.39, 0.29) is 0 Å². The minimum atomic E-state index is 0.474. The zero-order valence-corrected chi connectivity index (χ0v) is 13.5. The van der Waals surface area contributed by atoms with E-state index in [4.69, 9.17) is 32.7 Å². The Morgan fingerprint density at radius 2 is 1.86 bits per heavy atom. The molecule has 0 radical (unpaired) electrons. The van der Waals surface area contributed by atoms with Gasteiger partial charge in [-0.2, -0.15) is 0 Å². The van der Waals surface area contributed by atoms with E-state index in [0.717, 1.165) is 16.9 Å². The number of nitrogens with one attached hydrogen (secondary N) is 1. The maximum Gasteiger partial charge on any atom is 0.179 e. The van der Waals surface area contributed by atoms with Crippen molar-refractivity contribution in [3.63, 3.8) is 0 Å². The Labute approximate surface area is 134 Å². The predicted molar refractivity (Wildman–Crippen MR) is 85.9 cm³/mol. The van der Waals surface area contributed by atoms with E-state index in [9.17, 15) is 0 Å². The van der Waals surface area contributed by atoms with Crippen molar-refractivity contribution >= 4 is 28.9 Å². The van der Waals surface area contributed by atoms with Crippen molar-refractivity contribution in [3.05, 3.63) is 45.7 Å². The fraction of sp³-hybridized carbons (Fsp3) is 0.267. The average Bonchev–Trinajstić information content (AvgIpc) is 2.47. The van der Waals surface area contributed by atoms with Gasteiger partial charge in [0, 0.05) is 6.54 Å². The molecule has 0 fully saturated rings. The van der Waals surface area contributed by atoms with Crippen LogP contribution in [0.3, 0.4) is 0 Å². The number of hydrogen-bond donors (Lipinski definition) is 1. The zero-order valence-electron chi connectivity index (χ0n) is 12.0. The summed E-state index contributed by atoms with van der Waals surface area (Å²) >= 11 is 12.2. The summed E-state index contributed by atoms with van der Waals surface area (Å²) in [5.41, 5.74) is 2.65. The van der Waals surface area contributed by atoms with Gasteiger partial charge < -0.3 is 14.8 Å². The van der Waals surface area contributed by atoms with Crippen LogP contribution in [-0.2, 0) is 6.54 Å². The first kappa shape index (κ1) is 15.7. The van der Waals surface area contributed by atoms with E-state index in [1.165, 1.54) is 0 Å². The smallest absolute Gasteiger partial charge is 0.179 e. The Balaban J connectivity index is 2.20. The summed E-state index contributed by atoms with van der Waals surface area (Å²) in [7, 11) is 3.14. The normalized spacial score (nSPS) is 10.3. The molecule has 21 heavy (non-hydrogen) atoms. The first-order valence-corrected chi connectivity index (χ1v) is 7.08. The van der Waals surface area contributed by atoms with Crippen molar-refractivity contribution in [2.45, 2.75) is 13.5 Å². The van der Waals surface area contributed by atoms with E-state index in [1.807, 2.05) is 25.1 Å². The molecule has 0 aliphatic rings. The van der Waals surface area contributed by atoms with E-state index in [2.05, 4.69) is 10.3 Å². The summed E-state index contributed by atoms with van der Waals surface area (Å²) < 4.78 is 10.5. The number of methoxy groups -OCH3 is 2. The topological polar surface area (TPSA) is 43.4 Å². The van der Waals surface area contributed by atoms with Crippen molar-refractivity contribution < 1.29 is 9.47 Å². The lowest BCUT2D eigenvalue weighted by Crippen LogP contribution is -2.04. The average molecular weight is 327 g/mol. The lowest BCUT2D eigenvalue weighted by atomic mass is 10.2. The monoisotopic (exact) mass is 326 g/mol. The third kappa shape index (κ3) is 3.52. The van der Waals surface area contributed by atoms with Gasteiger partial charge in [-0.3, -0.25) is 0 Å². The largest absolute Gasteiger partial charge is 0.493 e. The Hall–Kier alpha value is -1.65. The van der Waals surface area contributed by atoms with Crippen LogP contribution >= 0.6 is 23.2 Å². The van der Waals surface area contributed by atoms with Gasteiger partial charge in [-0.25, -0.2) is 4.98 Å². The van der Waals surface area contributed by atoms with Gasteiger partial charge in [0.1, 0.15) is 5.15 Å². The SMILES string of the molecule is COc1ccc(CNc2ccc(Cl)nc2C)c(Cl)c1OC. The van der Waals surface area contributed by atoms with Gasteiger partial charge in [-0.1, -0.05) is 29.3 Å². The lowest BCUT2D eigenvalue weighted by molar-refractivity contribution is 0.355. The van der Waals surface area contributed by atoms with Gasteiger partial charge in [0.05, 0.1) is 30.6 Å². The summed E-state index contributed by atoms with van der Waals surface area (Å²) in [5.74, 6) is 1.14. The molecule has 1 heterocycles. The number of benzene rings is 1. The molecular formula is C15H16Cl2N2O2. The first-order chi connectivity index (χ1) is 10.1. The number of aryl methyl sites for hydroxylation is 1. The van der Waals surface area contributed by atoms with Crippen LogP contribution in [0.5, 0.6) is 11.5 Å². The second kappa shape index (κ2) is 6.87. The molecule has 2 aromatic rings. The standard InChI is InChI=1S/C15H16Cl2N2O2/c1-9-11(5-7-13(16)19-9)18-8-10-4-6-12(20-2)15(21-3)14(10)17/h4-7,18H,8H2,1-3H3. The molecule has 0 atom stereocenters. The molecule has 0 aliphatic heterocycles. The van der Waals surface area contributed by atoms with Crippen LogP contribution in [0.15, 0.2) is 24.3 Å². The van der Waals surface area contributed by atoms with Gasteiger partial charge in [0.15, 0.2) is 11.5 Å². The van der Waals surface area contributed by atoms with Crippen LogP contribution in [-0.4, -0.2) is 19.2 Å². The number of ether oxygens (including phenoxy) is 2. The lowest BCUT2D eigenvalue weighted by Gasteiger charge is -2.14. The minimum absolute atomic E-state index is 0.474. The molecule has 0 spiro atoms. The fourth-order valence-electron chi connectivity index (χ4n) is 1.97. The van der Waals surface area contributed by atoms with Crippen molar-refractivity contribution in [1.82, 2.24) is 4.98 Å². The summed E-state index contributed by atoms with van der Waals surface area (Å²) in [6, 6.07) is 7.36. The molecule has 0 saturated carbocycles. The molecule has 6 heteroatoms. The Kier molecular flexibility index (Phi) is 5.15. The van der Waals surface area contributed by atoms with Gasteiger partial charge >= 0.3 is 0 Å². The van der Waals surface area contributed by atoms with Crippen LogP contribution < -0.4 is 14.8 Å². The fourth-order valence-corrected chi connectivity index (χ4v) is 2.46. The van der Waals surface area contributed by atoms with Crippen molar-refractivity contribution in [2.75, 3.05) is 19.5 Å². The molecule has 1 aromatic heterocycles. The number of halogens is 2. The van der Waals surface area contributed by atoms with Gasteiger partial charge in [0.25, 0.3) is 0 Å². The summed E-state index contributed by atoms with van der Waals surface area (Å²) in [4.78, 5) is 4.19. The summed E-state index contributed by atoms with van der Waals surface area (Å²) in [5, 5.41) is 4.29. The summed E-state index contributed by atoms with van der Waals surface area (Å²) in [6.07, 6.45) is 0. The van der Waals surface area contributed by atoms with Crippen LogP contribution in [0.25, 0.3) is 0 Å². The molecule has 0 saturated heterocycles. The highest BCUT2D eigenvalue weighted by Gasteiger charge is 2.13. The zero-order chi connectivity index (χ0) is 15.4. The van der Waals surface area contributed by atoms with Gasteiger partial charge in [-0.15, -0.1) is 0 Å². The number of hydrogen-bond acceptors (Lipinski definition) is 4. The molecule has 112 valence electrons. The number of aromatic nitrogens is 1. The maximum absolute atomic E-state index is 6.34. The highest BCUT2D eigenvalue weighted by atomic mass is 35.5. The highest BCUT2D eigenvalue weighted by Crippen LogP contribution is 2.37. The van der Waals surface area contributed by atoms with Crippen LogP contribution in [0.4, 0.5) is 5.69 Å². The molecule has 1 aromatic carbocycles. The Morgan fingerprint density at radius 1 is 1.10 bits per heavy atom. The molecule has 0 amide bonds. The van der Waals surface area contributed by atoms with Crippen molar-refractivity contribution in [2.24, 2.45) is 0 Å². The molecule has 1 N–H and O–H groups in total. The Bertz CT molecular complexity index is 648. The second-order valence-electron chi connectivity index (χ2n) is 4.39. The quantitative estimate of drug-likeness (QED) is 0.830. The highest BCUT2D eigenvalue weighted by molar-refractivity contribution is 6.33. The van der Waals surface area contributed by atoms with Gasteiger partial charge in [-0.05, 0) is 30.7 Å². The van der Waals surface area contributed by atoms with Crippen molar-refractivity contribution in [3.8, 4) is 11.5 Å².